The van der Waals surface area contributed by atoms with Crippen LogP contribution in [0.3, 0.4) is 0 Å². The van der Waals surface area contributed by atoms with Crippen molar-refractivity contribution in [2.24, 2.45) is 0 Å². The Morgan fingerprint density at radius 2 is 1.44 bits per heavy atom. The molecule has 176 valence electrons. The molecule has 1 aromatic heterocycles. The van der Waals surface area contributed by atoms with Crippen molar-refractivity contribution in [2.75, 3.05) is 0 Å². The van der Waals surface area contributed by atoms with Crippen LogP contribution in [0.25, 0.3) is 33.5 Å². The highest BCUT2D eigenvalue weighted by Crippen LogP contribution is 2.29. The lowest BCUT2D eigenvalue weighted by molar-refractivity contribution is -0.115. The van der Waals surface area contributed by atoms with Crippen LogP contribution in [0.15, 0.2) is 115 Å². The van der Waals surface area contributed by atoms with Crippen molar-refractivity contribution in [3.63, 3.8) is 0 Å². The molecule has 0 atom stereocenters. The molecule has 36 heavy (non-hydrogen) atoms. The highest BCUT2D eigenvalue weighted by atomic mass is 32.1. The molecule has 0 fully saturated rings. The van der Waals surface area contributed by atoms with Crippen LogP contribution in [0, 0.1) is 6.92 Å². The van der Waals surface area contributed by atoms with E-state index in [4.69, 9.17) is 4.98 Å². The number of carbonyl (C=O) groups excluding carboxylic acids is 1. The molecule has 0 bridgehead atoms. The average molecular weight is 487 g/mol. The Balaban J connectivity index is 1.28. The van der Waals surface area contributed by atoms with Crippen molar-refractivity contribution in [1.82, 2.24) is 10.3 Å². The number of hydrogen-bond acceptors (Lipinski definition) is 3. The minimum absolute atomic E-state index is 0.100. The van der Waals surface area contributed by atoms with Crippen molar-refractivity contribution in [2.45, 2.75) is 13.5 Å². The summed E-state index contributed by atoms with van der Waals surface area (Å²) in [5.41, 5.74) is 7.99. The van der Waals surface area contributed by atoms with Gasteiger partial charge in [-0.2, -0.15) is 0 Å². The molecule has 0 saturated carbocycles. The fourth-order valence-electron chi connectivity index (χ4n) is 3.92. The van der Waals surface area contributed by atoms with Gasteiger partial charge in [0.05, 0.1) is 5.69 Å². The zero-order chi connectivity index (χ0) is 24.7. The number of aromatic nitrogens is 1. The lowest BCUT2D eigenvalue weighted by atomic mass is 10.0. The summed E-state index contributed by atoms with van der Waals surface area (Å²) in [5.74, 6) is -0.100. The van der Waals surface area contributed by atoms with Crippen LogP contribution >= 0.6 is 11.3 Å². The molecule has 4 aromatic carbocycles. The van der Waals surface area contributed by atoms with Crippen LogP contribution in [-0.4, -0.2) is 10.9 Å². The SMILES string of the molecule is Cc1ccc(-c2csc(-c3ccc(CNC(=O)/C(=C\c4ccccc4)c4ccccc4)cc3)n2)cc1. The van der Waals surface area contributed by atoms with Gasteiger partial charge in [-0.25, -0.2) is 4.98 Å². The highest BCUT2D eigenvalue weighted by molar-refractivity contribution is 7.13. The van der Waals surface area contributed by atoms with Crippen molar-refractivity contribution in [1.29, 1.82) is 0 Å². The summed E-state index contributed by atoms with van der Waals surface area (Å²) in [6.45, 7) is 2.53. The van der Waals surface area contributed by atoms with E-state index in [0.29, 0.717) is 12.1 Å². The van der Waals surface area contributed by atoms with E-state index in [1.807, 2.05) is 78.9 Å². The molecule has 5 aromatic rings. The van der Waals surface area contributed by atoms with Gasteiger partial charge in [-0.05, 0) is 29.7 Å². The van der Waals surface area contributed by atoms with Crippen LogP contribution in [0.2, 0.25) is 0 Å². The molecule has 3 nitrogen and oxygen atoms in total. The summed E-state index contributed by atoms with van der Waals surface area (Å²) in [6, 6.07) is 36.3. The fraction of sp³-hybridized carbons (Fsp3) is 0.0625. The highest BCUT2D eigenvalue weighted by Gasteiger charge is 2.12. The van der Waals surface area contributed by atoms with Gasteiger partial charge in [0.25, 0.3) is 5.91 Å². The molecule has 1 amide bonds. The molecule has 1 N–H and O–H groups in total. The van der Waals surface area contributed by atoms with Gasteiger partial charge in [0.2, 0.25) is 0 Å². The Labute approximate surface area is 215 Å². The minimum atomic E-state index is -0.100. The van der Waals surface area contributed by atoms with Crippen LogP contribution < -0.4 is 5.32 Å². The van der Waals surface area contributed by atoms with Crippen LogP contribution in [0.4, 0.5) is 0 Å². The largest absolute Gasteiger partial charge is 0.348 e. The second-order valence-corrected chi connectivity index (χ2v) is 9.48. The van der Waals surface area contributed by atoms with E-state index in [0.717, 1.165) is 38.5 Å². The standard InChI is InChI=1S/C32H26N2OS/c1-23-12-16-27(17-13-23)30-22-36-32(34-30)28-18-14-25(15-19-28)21-33-31(35)29(26-10-6-3-7-11-26)20-24-8-4-2-5-9-24/h2-20,22H,21H2,1H3,(H,33,35)/b29-20-. The van der Waals surface area contributed by atoms with E-state index in [1.54, 1.807) is 11.3 Å². The van der Waals surface area contributed by atoms with Crippen molar-refractivity contribution in [3.05, 3.63) is 137 Å². The first-order valence-corrected chi connectivity index (χ1v) is 12.8. The summed E-state index contributed by atoms with van der Waals surface area (Å²) >= 11 is 1.64. The van der Waals surface area contributed by atoms with Gasteiger partial charge in [0, 0.05) is 28.6 Å². The Kier molecular flexibility index (Phi) is 7.15. The molecular formula is C32H26N2OS. The van der Waals surface area contributed by atoms with Crippen LogP contribution in [-0.2, 0) is 11.3 Å². The molecule has 0 radical (unpaired) electrons. The Hall–Kier alpha value is -4.28. The van der Waals surface area contributed by atoms with Gasteiger partial charge >= 0.3 is 0 Å². The maximum Gasteiger partial charge on any atom is 0.252 e. The van der Waals surface area contributed by atoms with Gasteiger partial charge in [0.15, 0.2) is 0 Å². The smallest absolute Gasteiger partial charge is 0.252 e. The van der Waals surface area contributed by atoms with Crippen LogP contribution in [0.5, 0.6) is 0 Å². The number of rotatable bonds is 7. The van der Waals surface area contributed by atoms with E-state index < -0.39 is 0 Å². The summed E-state index contributed by atoms with van der Waals surface area (Å²) < 4.78 is 0. The van der Waals surface area contributed by atoms with E-state index in [9.17, 15) is 4.79 Å². The lowest BCUT2D eigenvalue weighted by Gasteiger charge is -2.10. The van der Waals surface area contributed by atoms with E-state index in [1.165, 1.54) is 5.56 Å². The number of nitrogens with zero attached hydrogens (tertiary/aromatic N) is 1. The third-order valence-electron chi connectivity index (χ3n) is 5.95. The summed E-state index contributed by atoms with van der Waals surface area (Å²) in [6.07, 6.45) is 1.93. The lowest BCUT2D eigenvalue weighted by Crippen LogP contribution is -2.23. The van der Waals surface area contributed by atoms with Crippen molar-refractivity contribution >= 4 is 28.9 Å². The molecule has 0 aliphatic heterocycles. The first-order chi connectivity index (χ1) is 17.7. The summed E-state index contributed by atoms with van der Waals surface area (Å²) in [5, 5.41) is 6.17. The average Bonchev–Trinajstić information content (AvgIpc) is 3.42. The molecule has 0 unspecified atom stereocenters. The van der Waals surface area contributed by atoms with Gasteiger partial charge in [-0.3, -0.25) is 4.79 Å². The molecule has 0 aliphatic carbocycles. The van der Waals surface area contributed by atoms with E-state index >= 15 is 0 Å². The van der Waals surface area contributed by atoms with Crippen molar-refractivity contribution < 1.29 is 4.79 Å². The third kappa shape index (κ3) is 5.68. The zero-order valence-corrected chi connectivity index (χ0v) is 20.8. The molecule has 4 heteroatoms. The van der Waals surface area contributed by atoms with Crippen LogP contribution in [0.1, 0.15) is 22.3 Å². The molecule has 0 aliphatic rings. The number of nitrogens with one attached hydrogen (secondary N) is 1. The Bertz CT molecular complexity index is 1470. The maximum atomic E-state index is 13.2. The summed E-state index contributed by atoms with van der Waals surface area (Å²) in [7, 11) is 0. The van der Waals surface area contributed by atoms with Gasteiger partial charge in [0.1, 0.15) is 5.01 Å². The molecule has 0 spiro atoms. The first kappa shape index (κ1) is 23.5. The molecular weight excluding hydrogens is 460 g/mol. The number of benzene rings is 4. The Morgan fingerprint density at radius 1 is 0.806 bits per heavy atom. The Morgan fingerprint density at radius 3 is 2.14 bits per heavy atom. The van der Waals surface area contributed by atoms with E-state index in [-0.39, 0.29) is 5.91 Å². The predicted octanol–water partition coefficient (Wildman–Crippen LogP) is 7.64. The monoisotopic (exact) mass is 486 g/mol. The number of hydrogen-bond donors (Lipinski definition) is 1. The topological polar surface area (TPSA) is 42.0 Å². The molecule has 1 heterocycles. The first-order valence-electron chi connectivity index (χ1n) is 11.9. The second-order valence-electron chi connectivity index (χ2n) is 8.62. The second kappa shape index (κ2) is 11.0. The van der Waals surface area contributed by atoms with Gasteiger partial charge in [-0.1, -0.05) is 115 Å². The quantitative estimate of drug-likeness (QED) is 0.190. The van der Waals surface area contributed by atoms with Crippen molar-refractivity contribution in [3.8, 4) is 21.8 Å². The molecule has 0 saturated heterocycles. The van der Waals surface area contributed by atoms with Gasteiger partial charge in [-0.15, -0.1) is 11.3 Å². The van der Waals surface area contributed by atoms with Gasteiger partial charge < -0.3 is 5.32 Å². The number of aryl methyl sites for hydroxylation is 1. The number of amides is 1. The predicted molar refractivity (Wildman–Crippen MR) is 150 cm³/mol. The van der Waals surface area contributed by atoms with E-state index in [2.05, 4.69) is 54.0 Å². The maximum absolute atomic E-state index is 13.2. The number of thiazole rings is 1. The fourth-order valence-corrected chi connectivity index (χ4v) is 4.75. The number of carbonyl (C=O) groups is 1. The summed E-state index contributed by atoms with van der Waals surface area (Å²) in [4.78, 5) is 18.0. The zero-order valence-electron chi connectivity index (χ0n) is 20.0. The third-order valence-corrected chi connectivity index (χ3v) is 6.84. The minimum Gasteiger partial charge on any atom is -0.348 e. The normalized spacial score (nSPS) is 11.3. The molecule has 5 rings (SSSR count).